The van der Waals surface area contributed by atoms with Crippen LogP contribution >= 0.6 is 22.6 Å². The van der Waals surface area contributed by atoms with Crippen LogP contribution in [0.1, 0.15) is 20.7 Å². The van der Waals surface area contributed by atoms with Gasteiger partial charge in [-0.2, -0.15) is 0 Å². The molecule has 0 aliphatic heterocycles. The summed E-state index contributed by atoms with van der Waals surface area (Å²) < 4.78 is 0.741. The highest BCUT2D eigenvalue weighted by atomic mass is 127. The molecule has 0 aliphatic carbocycles. The van der Waals surface area contributed by atoms with Crippen molar-refractivity contribution < 1.29 is 19.8 Å². The Balaban J connectivity index is 2.33. The number of rotatable bonds is 3. The molecule has 0 fully saturated rings. The number of hydrogen-bond acceptors (Lipinski definition) is 4. The van der Waals surface area contributed by atoms with Gasteiger partial charge in [-0.1, -0.05) is 0 Å². The Hall–Kier alpha value is -2.16. The molecule has 2 rings (SSSR count). The van der Waals surface area contributed by atoms with E-state index in [1.54, 1.807) is 6.07 Å². The van der Waals surface area contributed by atoms with E-state index in [-0.39, 0.29) is 22.6 Å². The van der Waals surface area contributed by atoms with Crippen LogP contribution in [0.4, 0.5) is 5.69 Å². The van der Waals surface area contributed by atoms with Crippen molar-refractivity contribution in [2.75, 3.05) is 5.32 Å². The molecular weight excluding hydrogens is 375 g/mol. The van der Waals surface area contributed by atoms with Crippen LogP contribution in [-0.2, 0) is 0 Å². The highest BCUT2D eigenvalue weighted by Gasteiger charge is 2.16. The van der Waals surface area contributed by atoms with E-state index < -0.39 is 11.9 Å². The van der Waals surface area contributed by atoms with Crippen molar-refractivity contribution in [1.29, 1.82) is 0 Å². The van der Waals surface area contributed by atoms with Crippen molar-refractivity contribution in [3.8, 4) is 5.75 Å². The molecule has 0 saturated carbocycles. The van der Waals surface area contributed by atoms with Crippen LogP contribution in [0.2, 0.25) is 0 Å². The zero-order chi connectivity index (χ0) is 14.7. The molecular formula is C13H9IN2O4. The molecule has 3 N–H and O–H groups in total. The van der Waals surface area contributed by atoms with Gasteiger partial charge in [0.1, 0.15) is 5.75 Å². The monoisotopic (exact) mass is 384 g/mol. The predicted octanol–water partition coefficient (Wildman–Crippen LogP) is 2.34. The number of nitrogens with zero attached hydrogens (tertiary/aromatic N) is 1. The minimum Gasteiger partial charge on any atom is -0.505 e. The van der Waals surface area contributed by atoms with Gasteiger partial charge in [-0.3, -0.25) is 9.78 Å². The number of aromatic nitrogens is 1. The predicted molar refractivity (Wildman–Crippen MR) is 80.0 cm³/mol. The van der Waals surface area contributed by atoms with Crippen LogP contribution in [0.3, 0.4) is 0 Å². The molecule has 0 aliphatic rings. The van der Waals surface area contributed by atoms with E-state index in [1.807, 2.05) is 22.6 Å². The molecule has 0 spiro atoms. The molecule has 2 aromatic rings. The van der Waals surface area contributed by atoms with Gasteiger partial charge >= 0.3 is 5.97 Å². The van der Waals surface area contributed by atoms with E-state index in [4.69, 9.17) is 5.11 Å². The van der Waals surface area contributed by atoms with Crippen LogP contribution in [-0.4, -0.2) is 27.1 Å². The van der Waals surface area contributed by atoms with E-state index in [2.05, 4.69) is 10.3 Å². The molecule has 1 aromatic carbocycles. The number of amides is 1. The quantitative estimate of drug-likeness (QED) is 0.706. The van der Waals surface area contributed by atoms with E-state index in [0.717, 1.165) is 9.77 Å². The molecule has 6 nitrogen and oxygen atoms in total. The molecule has 1 amide bonds. The number of anilines is 1. The highest BCUT2D eigenvalue weighted by molar-refractivity contribution is 14.1. The molecule has 20 heavy (non-hydrogen) atoms. The lowest BCUT2D eigenvalue weighted by atomic mass is 10.1. The molecule has 0 unspecified atom stereocenters. The Morgan fingerprint density at radius 3 is 2.60 bits per heavy atom. The molecule has 0 bridgehead atoms. The Bertz CT molecular complexity index is 688. The van der Waals surface area contributed by atoms with Crippen molar-refractivity contribution in [1.82, 2.24) is 4.98 Å². The van der Waals surface area contributed by atoms with Crippen molar-refractivity contribution in [3.05, 3.63) is 51.4 Å². The first-order valence-electron chi connectivity index (χ1n) is 5.46. The second-order valence-corrected chi connectivity index (χ2v) is 5.09. The van der Waals surface area contributed by atoms with Crippen molar-refractivity contribution in [2.45, 2.75) is 0 Å². The molecule has 1 heterocycles. The summed E-state index contributed by atoms with van der Waals surface area (Å²) in [6.45, 7) is 0. The first kappa shape index (κ1) is 14.3. The SMILES string of the molecule is O=C(Nc1ccc(I)cc1C(=O)O)c1ccncc1O. The summed E-state index contributed by atoms with van der Waals surface area (Å²) >= 11 is 1.98. The summed E-state index contributed by atoms with van der Waals surface area (Å²) in [6.07, 6.45) is 2.50. The van der Waals surface area contributed by atoms with E-state index >= 15 is 0 Å². The van der Waals surface area contributed by atoms with Crippen LogP contribution in [0.25, 0.3) is 0 Å². The number of aromatic hydroxyl groups is 1. The van der Waals surface area contributed by atoms with E-state index in [0.29, 0.717) is 0 Å². The summed E-state index contributed by atoms with van der Waals surface area (Å²) in [6, 6.07) is 5.97. The van der Waals surface area contributed by atoms with Gasteiger partial charge in [0.25, 0.3) is 5.91 Å². The van der Waals surface area contributed by atoms with Gasteiger partial charge in [-0.25, -0.2) is 4.79 Å². The number of carboxylic acids is 1. The normalized spacial score (nSPS) is 10.1. The third-order valence-electron chi connectivity index (χ3n) is 2.50. The Morgan fingerprint density at radius 1 is 1.20 bits per heavy atom. The second kappa shape index (κ2) is 5.87. The Kier molecular flexibility index (Phi) is 4.18. The number of hydrogen-bond donors (Lipinski definition) is 3. The summed E-state index contributed by atoms with van der Waals surface area (Å²) in [4.78, 5) is 26.8. The van der Waals surface area contributed by atoms with Gasteiger partial charge in [0, 0.05) is 9.77 Å². The van der Waals surface area contributed by atoms with Crippen LogP contribution in [0.15, 0.2) is 36.7 Å². The maximum absolute atomic E-state index is 12.0. The molecule has 7 heteroatoms. The summed E-state index contributed by atoms with van der Waals surface area (Å²) in [7, 11) is 0. The molecule has 102 valence electrons. The number of carboxylic acid groups (broad SMARTS) is 1. The number of carbonyl (C=O) groups excluding carboxylic acids is 1. The topological polar surface area (TPSA) is 99.5 Å². The van der Waals surface area contributed by atoms with Crippen LogP contribution < -0.4 is 5.32 Å². The summed E-state index contributed by atoms with van der Waals surface area (Å²) in [5.41, 5.74) is 0.174. The lowest BCUT2D eigenvalue weighted by Crippen LogP contribution is -2.15. The minimum atomic E-state index is -1.14. The Labute approximate surface area is 127 Å². The maximum atomic E-state index is 12.0. The summed E-state index contributed by atoms with van der Waals surface area (Å²) in [5, 5.41) is 21.1. The zero-order valence-electron chi connectivity index (χ0n) is 10.0. The average molecular weight is 384 g/mol. The van der Waals surface area contributed by atoms with E-state index in [1.165, 1.54) is 24.4 Å². The van der Waals surface area contributed by atoms with Crippen LogP contribution in [0.5, 0.6) is 5.75 Å². The first-order valence-corrected chi connectivity index (χ1v) is 6.54. The fourth-order valence-electron chi connectivity index (χ4n) is 1.57. The number of nitrogens with one attached hydrogen (secondary N) is 1. The molecule has 0 atom stereocenters. The summed E-state index contributed by atoms with van der Waals surface area (Å²) in [5.74, 6) is -2.02. The third-order valence-corrected chi connectivity index (χ3v) is 3.18. The highest BCUT2D eigenvalue weighted by Crippen LogP contribution is 2.21. The third kappa shape index (κ3) is 3.05. The lowest BCUT2D eigenvalue weighted by Gasteiger charge is -2.09. The van der Waals surface area contributed by atoms with E-state index in [9.17, 15) is 14.7 Å². The van der Waals surface area contributed by atoms with Gasteiger partial charge in [0.05, 0.1) is 23.0 Å². The number of halogens is 1. The number of benzene rings is 1. The fourth-order valence-corrected chi connectivity index (χ4v) is 2.06. The molecule has 0 radical (unpaired) electrons. The largest absolute Gasteiger partial charge is 0.505 e. The number of aromatic carboxylic acids is 1. The minimum absolute atomic E-state index is 0.0150. The first-order chi connectivity index (χ1) is 9.49. The van der Waals surface area contributed by atoms with Gasteiger partial charge in [0.2, 0.25) is 0 Å². The van der Waals surface area contributed by atoms with Gasteiger partial charge < -0.3 is 15.5 Å². The van der Waals surface area contributed by atoms with Crippen molar-refractivity contribution in [3.63, 3.8) is 0 Å². The average Bonchev–Trinajstić information content (AvgIpc) is 2.41. The van der Waals surface area contributed by atoms with Crippen molar-refractivity contribution >= 4 is 40.2 Å². The fraction of sp³-hybridized carbons (Fsp3) is 0. The molecule has 0 saturated heterocycles. The Morgan fingerprint density at radius 2 is 1.95 bits per heavy atom. The molecule has 1 aromatic heterocycles. The second-order valence-electron chi connectivity index (χ2n) is 3.84. The van der Waals surface area contributed by atoms with Crippen molar-refractivity contribution in [2.24, 2.45) is 0 Å². The van der Waals surface area contributed by atoms with Crippen LogP contribution in [0, 0.1) is 3.57 Å². The smallest absolute Gasteiger partial charge is 0.337 e. The standard InChI is InChI=1S/C13H9IN2O4/c14-7-1-2-10(9(5-7)13(19)20)16-12(18)8-3-4-15-6-11(8)17/h1-6,17H,(H,16,18)(H,19,20). The van der Waals surface area contributed by atoms with Gasteiger partial charge in [-0.05, 0) is 46.9 Å². The van der Waals surface area contributed by atoms with Gasteiger partial charge in [-0.15, -0.1) is 0 Å². The zero-order valence-corrected chi connectivity index (χ0v) is 12.2. The number of pyridine rings is 1. The number of carbonyl (C=O) groups is 2. The lowest BCUT2D eigenvalue weighted by molar-refractivity contribution is 0.0698. The maximum Gasteiger partial charge on any atom is 0.337 e. The van der Waals surface area contributed by atoms with Gasteiger partial charge in [0.15, 0.2) is 0 Å².